The van der Waals surface area contributed by atoms with E-state index in [9.17, 15) is 4.79 Å². The lowest BCUT2D eigenvalue weighted by Gasteiger charge is -2.04. The van der Waals surface area contributed by atoms with Gasteiger partial charge in [0.05, 0.1) is 5.52 Å². The van der Waals surface area contributed by atoms with Crippen molar-refractivity contribution in [1.29, 1.82) is 0 Å². The van der Waals surface area contributed by atoms with Gasteiger partial charge in [-0.05, 0) is 50.3 Å². The Bertz CT molecular complexity index is 638. The van der Waals surface area contributed by atoms with Gasteiger partial charge in [0.15, 0.2) is 0 Å². The van der Waals surface area contributed by atoms with Crippen LogP contribution in [0.3, 0.4) is 0 Å². The minimum atomic E-state index is -0.717. The molecule has 0 saturated carbocycles. The third-order valence-corrected chi connectivity index (χ3v) is 3.98. The standard InChI is InChI=1S/C16H21NO2/c1-10-8-9-11(2)16-15(10)13(12(3)17(16)4)6-5-7-14(18)19/h8-9H,5-7H2,1-4H3,(H,18,19). The maximum atomic E-state index is 10.7. The van der Waals surface area contributed by atoms with Crippen LogP contribution in [0.5, 0.6) is 0 Å². The van der Waals surface area contributed by atoms with Gasteiger partial charge in [-0.15, -0.1) is 0 Å². The van der Waals surface area contributed by atoms with Crippen LogP contribution in [0.15, 0.2) is 12.1 Å². The Morgan fingerprint density at radius 3 is 2.47 bits per heavy atom. The molecule has 0 spiro atoms. The second-order valence-electron chi connectivity index (χ2n) is 5.29. The van der Waals surface area contributed by atoms with E-state index in [0.717, 1.165) is 6.42 Å². The minimum absolute atomic E-state index is 0.237. The molecule has 3 nitrogen and oxygen atoms in total. The molecule has 2 aromatic rings. The molecule has 19 heavy (non-hydrogen) atoms. The van der Waals surface area contributed by atoms with E-state index in [1.54, 1.807) is 0 Å². The molecule has 0 aliphatic heterocycles. The summed E-state index contributed by atoms with van der Waals surface area (Å²) in [7, 11) is 2.09. The maximum Gasteiger partial charge on any atom is 0.303 e. The molecule has 2 rings (SSSR count). The number of aryl methyl sites for hydroxylation is 4. The van der Waals surface area contributed by atoms with Crippen molar-refractivity contribution in [1.82, 2.24) is 4.57 Å². The molecule has 0 amide bonds. The molecule has 0 fully saturated rings. The third-order valence-electron chi connectivity index (χ3n) is 3.98. The van der Waals surface area contributed by atoms with Gasteiger partial charge in [-0.25, -0.2) is 0 Å². The van der Waals surface area contributed by atoms with Crippen molar-refractivity contribution in [2.24, 2.45) is 7.05 Å². The van der Waals surface area contributed by atoms with Gasteiger partial charge >= 0.3 is 5.97 Å². The summed E-state index contributed by atoms with van der Waals surface area (Å²) in [6, 6.07) is 4.30. The number of carboxylic acids is 1. The Morgan fingerprint density at radius 2 is 1.84 bits per heavy atom. The Morgan fingerprint density at radius 1 is 1.21 bits per heavy atom. The molecule has 102 valence electrons. The van der Waals surface area contributed by atoms with Crippen LogP contribution in [0.2, 0.25) is 0 Å². The number of rotatable bonds is 4. The number of fused-ring (bicyclic) bond motifs is 1. The van der Waals surface area contributed by atoms with Crippen LogP contribution >= 0.6 is 0 Å². The normalized spacial score (nSPS) is 11.2. The minimum Gasteiger partial charge on any atom is -0.481 e. The smallest absolute Gasteiger partial charge is 0.303 e. The average molecular weight is 259 g/mol. The first-order valence-corrected chi connectivity index (χ1v) is 6.69. The van der Waals surface area contributed by atoms with Gasteiger partial charge in [-0.3, -0.25) is 4.79 Å². The fourth-order valence-electron chi connectivity index (χ4n) is 2.88. The highest BCUT2D eigenvalue weighted by Gasteiger charge is 2.15. The number of hydrogen-bond acceptors (Lipinski definition) is 1. The molecule has 1 N–H and O–H groups in total. The van der Waals surface area contributed by atoms with Crippen molar-refractivity contribution < 1.29 is 9.90 Å². The number of hydrogen-bond donors (Lipinski definition) is 1. The van der Waals surface area contributed by atoms with Gasteiger partial charge in [-0.2, -0.15) is 0 Å². The maximum absolute atomic E-state index is 10.7. The van der Waals surface area contributed by atoms with Crippen LogP contribution in [0.25, 0.3) is 10.9 Å². The van der Waals surface area contributed by atoms with Gasteiger partial charge in [0.1, 0.15) is 0 Å². The zero-order valence-corrected chi connectivity index (χ0v) is 12.1. The van der Waals surface area contributed by atoms with E-state index in [4.69, 9.17) is 5.11 Å². The molecule has 0 aliphatic carbocycles. The fraction of sp³-hybridized carbons (Fsp3) is 0.438. The zero-order valence-electron chi connectivity index (χ0n) is 12.1. The van der Waals surface area contributed by atoms with Crippen molar-refractivity contribution >= 4 is 16.9 Å². The summed E-state index contributed by atoms with van der Waals surface area (Å²) in [4.78, 5) is 10.7. The van der Waals surface area contributed by atoms with E-state index in [0.29, 0.717) is 6.42 Å². The molecule has 1 heterocycles. The molecule has 1 aromatic carbocycles. The van der Waals surface area contributed by atoms with Gasteiger partial charge in [0, 0.05) is 24.5 Å². The Labute approximate surface area is 113 Å². The lowest BCUT2D eigenvalue weighted by molar-refractivity contribution is -0.137. The van der Waals surface area contributed by atoms with E-state index in [1.165, 1.54) is 33.3 Å². The lowest BCUT2D eigenvalue weighted by atomic mass is 9.99. The average Bonchev–Trinajstić information content (AvgIpc) is 2.59. The van der Waals surface area contributed by atoms with Crippen molar-refractivity contribution in [2.45, 2.75) is 40.0 Å². The van der Waals surface area contributed by atoms with E-state index in [-0.39, 0.29) is 6.42 Å². The van der Waals surface area contributed by atoms with Crippen molar-refractivity contribution in [2.75, 3.05) is 0 Å². The first kappa shape index (κ1) is 13.7. The third kappa shape index (κ3) is 2.37. The fourth-order valence-corrected chi connectivity index (χ4v) is 2.88. The van der Waals surface area contributed by atoms with Gasteiger partial charge < -0.3 is 9.67 Å². The van der Waals surface area contributed by atoms with Crippen LogP contribution < -0.4 is 0 Å². The predicted molar refractivity (Wildman–Crippen MR) is 77.7 cm³/mol. The number of aromatic nitrogens is 1. The highest BCUT2D eigenvalue weighted by atomic mass is 16.4. The van der Waals surface area contributed by atoms with Crippen molar-refractivity contribution in [3.05, 3.63) is 34.5 Å². The molecular weight excluding hydrogens is 238 g/mol. The molecule has 1 aromatic heterocycles. The van der Waals surface area contributed by atoms with Crippen LogP contribution in [0, 0.1) is 20.8 Å². The molecule has 0 unspecified atom stereocenters. The molecule has 0 radical (unpaired) electrons. The Balaban J connectivity index is 2.51. The summed E-state index contributed by atoms with van der Waals surface area (Å²) >= 11 is 0. The summed E-state index contributed by atoms with van der Waals surface area (Å²) in [5.74, 6) is -0.717. The predicted octanol–water partition coefficient (Wildman–Crippen LogP) is 3.51. The van der Waals surface area contributed by atoms with E-state index in [1.807, 2.05) is 0 Å². The van der Waals surface area contributed by atoms with Gasteiger partial charge in [0.2, 0.25) is 0 Å². The lowest BCUT2D eigenvalue weighted by Crippen LogP contribution is -1.97. The molecular formula is C16H21NO2. The number of benzene rings is 1. The highest BCUT2D eigenvalue weighted by Crippen LogP contribution is 2.31. The van der Waals surface area contributed by atoms with E-state index in [2.05, 4.69) is 44.5 Å². The first-order valence-electron chi connectivity index (χ1n) is 6.69. The second-order valence-corrected chi connectivity index (χ2v) is 5.29. The summed E-state index contributed by atoms with van der Waals surface area (Å²) in [6.45, 7) is 6.37. The summed E-state index contributed by atoms with van der Waals surface area (Å²) < 4.78 is 2.23. The highest BCUT2D eigenvalue weighted by molar-refractivity contribution is 5.91. The molecule has 3 heteroatoms. The Hall–Kier alpha value is -1.77. The molecule has 0 saturated heterocycles. The Kier molecular flexibility index (Phi) is 3.65. The summed E-state index contributed by atoms with van der Waals surface area (Å²) in [5, 5.41) is 10.1. The van der Waals surface area contributed by atoms with Crippen molar-refractivity contribution in [3.8, 4) is 0 Å². The van der Waals surface area contributed by atoms with Crippen LogP contribution in [0.1, 0.15) is 35.2 Å². The second kappa shape index (κ2) is 5.08. The van der Waals surface area contributed by atoms with Gasteiger partial charge in [0.25, 0.3) is 0 Å². The van der Waals surface area contributed by atoms with Crippen LogP contribution in [-0.4, -0.2) is 15.6 Å². The first-order chi connectivity index (χ1) is 8.93. The number of aliphatic carboxylic acids is 1. The monoisotopic (exact) mass is 259 g/mol. The summed E-state index contributed by atoms with van der Waals surface area (Å²) in [5.41, 5.74) is 6.38. The number of carboxylic acid groups (broad SMARTS) is 1. The van der Waals surface area contributed by atoms with E-state index >= 15 is 0 Å². The topological polar surface area (TPSA) is 42.2 Å². The van der Waals surface area contributed by atoms with Gasteiger partial charge in [-0.1, -0.05) is 12.1 Å². The zero-order chi connectivity index (χ0) is 14.2. The van der Waals surface area contributed by atoms with Crippen LogP contribution in [0.4, 0.5) is 0 Å². The SMILES string of the molecule is Cc1ccc(C)c2c1c(CCCC(=O)O)c(C)n2C. The molecule has 0 bridgehead atoms. The van der Waals surface area contributed by atoms with E-state index < -0.39 is 5.97 Å². The quantitative estimate of drug-likeness (QED) is 0.913. The molecule has 0 aliphatic rings. The largest absolute Gasteiger partial charge is 0.481 e. The van der Waals surface area contributed by atoms with Crippen molar-refractivity contribution in [3.63, 3.8) is 0 Å². The number of carbonyl (C=O) groups is 1. The summed E-state index contributed by atoms with van der Waals surface area (Å²) in [6.07, 6.45) is 1.77. The van der Waals surface area contributed by atoms with Crippen LogP contribution in [-0.2, 0) is 18.3 Å². The number of nitrogens with zero attached hydrogens (tertiary/aromatic N) is 1. The molecule has 0 atom stereocenters.